The molecule has 0 aliphatic carbocycles. The predicted octanol–water partition coefficient (Wildman–Crippen LogP) is 3.35. The average Bonchev–Trinajstić information content (AvgIpc) is 3.00. The minimum absolute atomic E-state index is 0.0972. The zero-order valence-electron chi connectivity index (χ0n) is 15.6. The molecule has 7 heteroatoms. The van der Waals surface area contributed by atoms with Gasteiger partial charge in [0.25, 0.3) is 0 Å². The fraction of sp³-hybridized carbons (Fsp3) is 0.250. The average molecular weight is 382 g/mol. The zero-order chi connectivity index (χ0) is 19.6. The first-order chi connectivity index (χ1) is 12.8. The van der Waals surface area contributed by atoms with E-state index in [1.54, 1.807) is 12.1 Å². The smallest absolute Gasteiger partial charge is 0.248 e. The van der Waals surface area contributed by atoms with E-state index in [1.165, 1.54) is 22.0 Å². The Morgan fingerprint density at radius 1 is 1.04 bits per heavy atom. The third kappa shape index (κ3) is 4.31. The lowest BCUT2D eigenvalue weighted by molar-refractivity contribution is 0.100. The summed E-state index contributed by atoms with van der Waals surface area (Å²) >= 11 is 1.49. The Kier molecular flexibility index (Phi) is 5.23. The molecule has 1 aromatic heterocycles. The van der Waals surface area contributed by atoms with Gasteiger partial charge in [0.1, 0.15) is 0 Å². The van der Waals surface area contributed by atoms with Crippen LogP contribution in [0.4, 0.5) is 0 Å². The second kappa shape index (κ2) is 7.44. The van der Waals surface area contributed by atoms with E-state index >= 15 is 0 Å². The van der Waals surface area contributed by atoms with E-state index in [0.29, 0.717) is 22.3 Å². The molecule has 3 rings (SSSR count). The number of primary amides is 1. The van der Waals surface area contributed by atoms with E-state index in [1.807, 2.05) is 24.3 Å². The maximum absolute atomic E-state index is 11.1. The number of carbonyl (C=O) groups excluding carboxylic acids is 1. The minimum Gasteiger partial charge on any atom is -0.366 e. The second-order valence-electron chi connectivity index (χ2n) is 7.35. The van der Waals surface area contributed by atoms with Crippen LogP contribution in [0.1, 0.15) is 42.3 Å². The highest BCUT2D eigenvalue weighted by Gasteiger charge is 2.16. The molecule has 3 aromatic rings. The lowest BCUT2D eigenvalue weighted by atomic mass is 9.87. The molecule has 140 valence electrons. The number of amides is 1. The SMILES string of the molecule is CC(C)(C)c1ccc(-c2nnc(SCc3ccc(C(N)=O)cc3)n2N)cc1. The summed E-state index contributed by atoms with van der Waals surface area (Å²) in [6.45, 7) is 6.54. The molecule has 27 heavy (non-hydrogen) atoms. The summed E-state index contributed by atoms with van der Waals surface area (Å²) in [4.78, 5) is 11.1. The van der Waals surface area contributed by atoms with Gasteiger partial charge in [-0.25, -0.2) is 4.68 Å². The first kappa shape index (κ1) is 19.0. The Hall–Kier alpha value is -2.80. The van der Waals surface area contributed by atoms with Gasteiger partial charge >= 0.3 is 0 Å². The van der Waals surface area contributed by atoms with Gasteiger partial charge < -0.3 is 11.6 Å². The van der Waals surface area contributed by atoms with Crippen molar-refractivity contribution >= 4 is 17.7 Å². The highest BCUT2D eigenvalue weighted by Crippen LogP contribution is 2.27. The molecule has 4 N–H and O–H groups in total. The van der Waals surface area contributed by atoms with Gasteiger partial charge in [0.05, 0.1) is 0 Å². The van der Waals surface area contributed by atoms with Gasteiger partial charge in [-0.1, -0.05) is 68.9 Å². The molecule has 0 aliphatic rings. The number of hydrogen-bond acceptors (Lipinski definition) is 5. The molecule has 0 spiro atoms. The second-order valence-corrected chi connectivity index (χ2v) is 8.30. The maximum atomic E-state index is 11.1. The summed E-state index contributed by atoms with van der Waals surface area (Å²) < 4.78 is 1.51. The molecule has 0 atom stereocenters. The van der Waals surface area contributed by atoms with E-state index in [4.69, 9.17) is 11.6 Å². The molecule has 0 bridgehead atoms. The Morgan fingerprint density at radius 3 is 2.22 bits per heavy atom. The van der Waals surface area contributed by atoms with E-state index in [0.717, 1.165) is 11.1 Å². The van der Waals surface area contributed by atoms with Crippen molar-refractivity contribution in [3.8, 4) is 11.4 Å². The molecule has 1 amide bonds. The van der Waals surface area contributed by atoms with E-state index in [2.05, 4.69) is 43.1 Å². The summed E-state index contributed by atoms with van der Waals surface area (Å²) in [6, 6.07) is 15.4. The number of hydrogen-bond donors (Lipinski definition) is 2. The van der Waals surface area contributed by atoms with Crippen LogP contribution in [-0.4, -0.2) is 20.8 Å². The van der Waals surface area contributed by atoms with Crippen LogP contribution in [0.2, 0.25) is 0 Å². The van der Waals surface area contributed by atoms with Crippen LogP contribution in [0, 0.1) is 0 Å². The van der Waals surface area contributed by atoms with Crippen molar-refractivity contribution in [1.29, 1.82) is 0 Å². The highest BCUT2D eigenvalue weighted by atomic mass is 32.2. The molecule has 2 aromatic carbocycles. The third-order valence-corrected chi connectivity index (χ3v) is 5.29. The number of nitrogens with two attached hydrogens (primary N) is 2. The lowest BCUT2D eigenvalue weighted by Crippen LogP contribution is -2.12. The fourth-order valence-electron chi connectivity index (χ4n) is 2.60. The minimum atomic E-state index is -0.432. The molecule has 6 nitrogen and oxygen atoms in total. The van der Waals surface area contributed by atoms with Gasteiger partial charge in [0.2, 0.25) is 11.1 Å². The third-order valence-electron chi connectivity index (χ3n) is 4.28. The van der Waals surface area contributed by atoms with Crippen LogP contribution in [-0.2, 0) is 11.2 Å². The van der Waals surface area contributed by atoms with Gasteiger partial charge in [-0.2, -0.15) is 0 Å². The van der Waals surface area contributed by atoms with Gasteiger partial charge in [-0.05, 0) is 28.7 Å². The van der Waals surface area contributed by atoms with Crippen molar-refractivity contribution in [2.24, 2.45) is 5.73 Å². The quantitative estimate of drug-likeness (QED) is 0.521. The van der Waals surface area contributed by atoms with E-state index < -0.39 is 5.91 Å². The number of nitrogen functional groups attached to an aromatic ring is 1. The monoisotopic (exact) mass is 381 g/mol. The van der Waals surface area contributed by atoms with Crippen LogP contribution < -0.4 is 11.6 Å². The summed E-state index contributed by atoms with van der Waals surface area (Å²) in [6.07, 6.45) is 0. The molecule has 0 unspecified atom stereocenters. The fourth-order valence-corrected chi connectivity index (χ4v) is 3.42. The van der Waals surface area contributed by atoms with Gasteiger partial charge in [0, 0.05) is 16.9 Å². The summed E-state index contributed by atoms with van der Waals surface area (Å²) in [5.74, 6) is 7.06. The molecule has 0 radical (unpaired) electrons. The first-order valence-corrected chi connectivity index (χ1v) is 9.57. The number of aromatic nitrogens is 3. The zero-order valence-corrected chi connectivity index (χ0v) is 16.5. The Morgan fingerprint density at radius 2 is 1.67 bits per heavy atom. The molecular formula is C20H23N5OS. The molecule has 0 saturated carbocycles. The van der Waals surface area contributed by atoms with Gasteiger partial charge in [-0.15, -0.1) is 10.2 Å². The van der Waals surface area contributed by atoms with E-state index in [9.17, 15) is 4.79 Å². The highest BCUT2D eigenvalue weighted by molar-refractivity contribution is 7.98. The largest absolute Gasteiger partial charge is 0.366 e. The molecule has 1 heterocycles. The van der Waals surface area contributed by atoms with Gasteiger partial charge in [-0.3, -0.25) is 4.79 Å². The first-order valence-electron chi connectivity index (χ1n) is 8.58. The number of carbonyl (C=O) groups is 1. The van der Waals surface area contributed by atoms with Crippen molar-refractivity contribution in [3.63, 3.8) is 0 Å². The van der Waals surface area contributed by atoms with Crippen LogP contribution >= 0.6 is 11.8 Å². The molecule has 0 aliphatic heterocycles. The molecule has 0 saturated heterocycles. The lowest BCUT2D eigenvalue weighted by Gasteiger charge is -2.19. The Balaban J connectivity index is 1.72. The summed E-state index contributed by atoms with van der Waals surface area (Å²) in [5, 5.41) is 9.06. The predicted molar refractivity (Wildman–Crippen MR) is 109 cm³/mol. The summed E-state index contributed by atoms with van der Waals surface area (Å²) in [5.41, 5.74) is 9.07. The van der Waals surface area contributed by atoms with Crippen LogP contribution in [0.25, 0.3) is 11.4 Å². The maximum Gasteiger partial charge on any atom is 0.248 e. The number of nitrogens with zero attached hydrogens (tertiary/aromatic N) is 3. The van der Waals surface area contributed by atoms with Crippen LogP contribution in [0.3, 0.4) is 0 Å². The van der Waals surface area contributed by atoms with Crippen molar-refractivity contribution in [1.82, 2.24) is 14.9 Å². The topological polar surface area (TPSA) is 99.8 Å². The Bertz CT molecular complexity index is 940. The van der Waals surface area contributed by atoms with Crippen molar-refractivity contribution in [2.45, 2.75) is 37.1 Å². The Labute approximate surface area is 162 Å². The van der Waals surface area contributed by atoms with E-state index in [-0.39, 0.29) is 5.41 Å². The normalized spacial score (nSPS) is 11.5. The summed E-state index contributed by atoms with van der Waals surface area (Å²) in [7, 11) is 0. The van der Waals surface area contributed by atoms with Crippen molar-refractivity contribution in [3.05, 3.63) is 65.2 Å². The number of thioether (sulfide) groups is 1. The van der Waals surface area contributed by atoms with Crippen LogP contribution in [0.15, 0.2) is 53.7 Å². The van der Waals surface area contributed by atoms with Crippen molar-refractivity contribution in [2.75, 3.05) is 5.84 Å². The van der Waals surface area contributed by atoms with Gasteiger partial charge in [0.15, 0.2) is 5.82 Å². The number of benzene rings is 2. The van der Waals surface area contributed by atoms with Crippen molar-refractivity contribution < 1.29 is 4.79 Å². The standard InChI is InChI=1S/C20H23N5OS/c1-20(2,3)16-10-8-15(9-11-16)18-23-24-19(25(18)22)27-12-13-4-6-14(7-5-13)17(21)26/h4-11H,12,22H2,1-3H3,(H2,21,26). The molecule has 0 fully saturated rings. The van der Waals surface area contributed by atoms with Crippen LogP contribution in [0.5, 0.6) is 0 Å². The molecular weight excluding hydrogens is 358 g/mol. The number of rotatable bonds is 5.